The van der Waals surface area contributed by atoms with Gasteiger partial charge in [-0.3, -0.25) is 0 Å². The first-order chi connectivity index (χ1) is 5.88. The van der Waals surface area contributed by atoms with Crippen molar-refractivity contribution >= 4 is 0 Å². The maximum atomic E-state index is 5.65. The minimum atomic E-state index is 0.621. The van der Waals surface area contributed by atoms with Gasteiger partial charge in [-0.1, -0.05) is 12.3 Å². The molecule has 0 aliphatic heterocycles. The molecule has 2 atom stereocenters. The van der Waals surface area contributed by atoms with Gasteiger partial charge in [-0.05, 0) is 32.2 Å². The van der Waals surface area contributed by atoms with Gasteiger partial charge in [0.2, 0.25) is 0 Å². The van der Waals surface area contributed by atoms with Crippen LogP contribution in [0.3, 0.4) is 0 Å². The van der Waals surface area contributed by atoms with E-state index in [2.05, 4.69) is 17.2 Å². The fourth-order valence-electron chi connectivity index (χ4n) is 1.86. The minimum absolute atomic E-state index is 0.621. The number of hydrogen-bond acceptors (Lipinski definition) is 2. The average Bonchev–Trinajstić information content (AvgIpc) is 2.52. The molecule has 3 N–H and O–H groups in total. The highest BCUT2D eigenvalue weighted by atomic mass is 14.9. The predicted octanol–water partition coefficient (Wildman–Crippen LogP) is 0.727. The molecule has 2 heteroatoms. The maximum absolute atomic E-state index is 5.65. The monoisotopic (exact) mass is 166 g/mol. The molecule has 68 valence electrons. The minimum Gasteiger partial charge on any atom is -0.330 e. The van der Waals surface area contributed by atoms with Crippen LogP contribution in [-0.2, 0) is 0 Å². The van der Waals surface area contributed by atoms with Crippen molar-refractivity contribution in [3.8, 4) is 11.8 Å². The Morgan fingerprint density at radius 1 is 1.50 bits per heavy atom. The van der Waals surface area contributed by atoms with Gasteiger partial charge in [0, 0.05) is 6.04 Å². The van der Waals surface area contributed by atoms with Crippen LogP contribution in [0.2, 0.25) is 0 Å². The SMILES string of the molecule is CC#CCNC1CCCC1CN. The summed E-state index contributed by atoms with van der Waals surface area (Å²) in [6, 6.07) is 0.621. The summed E-state index contributed by atoms with van der Waals surface area (Å²) >= 11 is 0. The lowest BCUT2D eigenvalue weighted by molar-refractivity contribution is 0.424. The predicted molar refractivity (Wildman–Crippen MR) is 51.6 cm³/mol. The Balaban J connectivity index is 2.24. The lowest BCUT2D eigenvalue weighted by Crippen LogP contribution is -2.36. The van der Waals surface area contributed by atoms with E-state index in [4.69, 9.17) is 5.73 Å². The van der Waals surface area contributed by atoms with Crippen LogP contribution in [0, 0.1) is 17.8 Å². The molecule has 12 heavy (non-hydrogen) atoms. The zero-order chi connectivity index (χ0) is 8.81. The molecule has 1 aliphatic carbocycles. The first kappa shape index (κ1) is 9.57. The molecule has 0 radical (unpaired) electrons. The second kappa shape index (κ2) is 5.18. The quantitative estimate of drug-likeness (QED) is 0.606. The Labute approximate surface area is 74.9 Å². The number of nitrogens with two attached hydrogens (primary N) is 1. The Kier molecular flexibility index (Phi) is 4.13. The van der Waals surface area contributed by atoms with Crippen molar-refractivity contribution < 1.29 is 0 Å². The van der Waals surface area contributed by atoms with Gasteiger partial charge >= 0.3 is 0 Å². The van der Waals surface area contributed by atoms with Crippen LogP contribution in [-0.4, -0.2) is 19.1 Å². The molecular formula is C10H18N2. The second-order valence-electron chi connectivity index (χ2n) is 3.34. The summed E-state index contributed by atoms with van der Waals surface area (Å²) in [5, 5.41) is 3.43. The van der Waals surface area contributed by atoms with E-state index in [-0.39, 0.29) is 0 Å². The lowest BCUT2D eigenvalue weighted by atomic mass is 10.0. The van der Waals surface area contributed by atoms with Crippen LogP contribution < -0.4 is 11.1 Å². The zero-order valence-electron chi connectivity index (χ0n) is 7.77. The fourth-order valence-corrected chi connectivity index (χ4v) is 1.86. The van der Waals surface area contributed by atoms with E-state index in [0.29, 0.717) is 12.0 Å². The van der Waals surface area contributed by atoms with Crippen molar-refractivity contribution in [3.63, 3.8) is 0 Å². The van der Waals surface area contributed by atoms with Gasteiger partial charge in [-0.2, -0.15) is 0 Å². The summed E-state index contributed by atoms with van der Waals surface area (Å²) in [4.78, 5) is 0. The summed E-state index contributed by atoms with van der Waals surface area (Å²) in [5.41, 5.74) is 5.65. The van der Waals surface area contributed by atoms with E-state index < -0.39 is 0 Å². The van der Waals surface area contributed by atoms with Gasteiger partial charge in [-0.15, -0.1) is 5.92 Å². The van der Waals surface area contributed by atoms with Crippen molar-refractivity contribution in [2.75, 3.05) is 13.1 Å². The summed E-state index contributed by atoms with van der Waals surface area (Å²) in [5.74, 6) is 6.58. The maximum Gasteiger partial charge on any atom is 0.0578 e. The second-order valence-corrected chi connectivity index (χ2v) is 3.34. The van der Waals surface area contributed by atoms with Crippen molar-refractivity contribution in [2.24, 2.45) is 11.7 Å². The van der Waals surface area contributed by atoms with Gasteiger partial charge in [-0.25, -0.2) is 0 Å². The Morgan fingerprint density at radius 2 is 2.33 bits per heavy atom. The van der Waals surface area contributed by atoms with Crippen LogP contribution in [0.4, 0.5) is 0 Å². The summed E-state index contributed by atoms with van der Waals surface area (Å²) in [7, 11) is 0. The normalized spacial score (nSPS) is 28.2. The van der Waals surface area contributed by atoms with E-state index >= 15 is 0 Å². The van der Waals surface area contributed by atoms with E-state index in [1.165, 1.54) is 19.3 Å². The third kappa shape index (κ3) is 2.51. The summed E-state index contributed by atoms with van der Waals surface area (Å²) in [6.07, 6.45) is 3.88. The van der Waals surface area contributed by atoms with Crippen LogP contribution >= 0.6 is 0 Å². The highest BCUT2D eigenvalue weighted by Gasteiger charge is 2.24. The molecular weight excluding hydrogens is 148 g/mol. The van der Waals surface area contributed by atoms with E-state index in [0.717, 1.165) is 13.1 Å². The van der Waals surface area contributed by atoms with Gasteiger partial charge in [0.05, 0.1) is 6.54 Å². The Bertz CT molecular complexity index is 178. The first-order valence-electron chi connectivity index (χ1n) is 4.71. The standard InChI is InChI=1S/C10H18N2/c1-2-3-7-12-10-6-4-5-9(10)8-11/h9-10,12H,4-8,11H2,1H3. The van der Waals surface area contributed by atoms with Gasteiger partial charge in [0.1, 0.15) is 0 Å². The molecule has 0 aromatic heterocycles. The topological polar surface area (TPSA) is 38.0 Å². The smallest absolute Gasteiger partial charge is 0.0578 e. The molecule has 0 aromatic carbocycles. The Morgan fingerprint density at radius 3 is 3.00 bits per heavy atom. The molecule has 2 unspecified atom stereocenters. The van der Waals surface area contributed by atoms with Crippen LogP contribution in [0.15, 0.2) is 0 Å². The molecule has 2 nitrogen and oxygen atoms in total. The third-order valence-electron chi connectivity index (χ3n) is 2.59. The zero-order valence-corrected chi connectivity index (χ0v) is 7.77. The average molecular weight is 166 g/mol. The van der Waals surface area contributed by atoms with E-state index in [9.17, 15) is 0 Å². The summed E-state index contributed by atoms with van der Waals surface area (Å²) in [6.45, 7) is 3.51. The number of rotatable bonds is 3. The van der Waals surface area contributed by atoms with Crippen molar-refractivity contribution in [1.29, 1.82) is 0 Å². The molecule has 1 fully saturated rings. The highest BCUT2D eigenvalue weighted by Crippen LogP contribution is 2.24. The van der Waals surface area contributed by atoms with Crippen LogP contribution in [0.1, 0.15) is 26.2 Å². The molecule has 1 saturated carbocycles. The Hall–Kier alpha value is -0.520. The largest absolute Gasteiger partial charge is 0.330 e. The van der Waals surface area contributed by atoms with Crippen LogP contribution in [0.5, 0.6) is 0 Å². The van der Waals surface area contributed by atoms with Crippen molar-refractivity contribution in [2.45, 2.75) is 32.2 Å². The van der Waals surface area contributed by atoms with Crippen molar-refractivity contribution in [1.82, 2.24) is 5.32 Å². The first-order valence-corrected chi connectivity index (χ1v) is 4.71. The van der Waals surface area contributed by atoms with Crippen molar-refractivity contribution in [3.05, 3.63) is 0 Å². The fraction of sp³-hybridized carbons (Fsp3) is 0.800. The molecule has 0 aromatic rings. The van der Waals surface area contributed by atoms with Gasteiger partial charge in [0.25, 0.3) is 0 Å². The van der Waals surface area contributed by atoms with Gasteiger partial charge < -0.3 is 11.1 Å². The molecule has 0 amide bonds. The lowest BCUT2D eigenvalue weighted by Gasteiger charge is -2.17. The van der Waals surface area contributed by atoms with E-state index in [1.54, 1.807) is 0 Å². The van der Waals surface area contributed by atoms with Crippen LogP contribution in [0.25, 0.3) is 0 Å². The number of nitrogens with one attached hydrogen (secondary N) is 1. The molecule has 0 heterocycles. The molecule has 0 bridgehead atoms. The highest BCUT2D eigenvalue weighted by molar-refractivity contribution is 4.98. The number of hydrogen-bond donors (Lipinski definition) is 2. The third-order valence-corrected chi connectivity index (χ3v) is 2.59. The van der Waals surface area contributed by atoms with Gasteiger partial charge in [0.15, 0.2) is 0 Å². The molecule has 1 aliphatic rings. The van der Waals surface area contributed by atoms with E-state index in [1.807, 2.05) is 6.92 Å². The molecule has 0 saturated heterocycles. The molecule has 0 spiro atoms. The molecule has 1 rings (SSSR count). The summed E-state index contributed by atoms with van der Waals surface area (Å²) < 4.78 is 0.